The summed E-state index contributed by atoms with van der Waals surface area (Å²) in [5.41, 5.74) is 0.960. The predicted molar refractivity (Wildman–Crippen MR) is 88.2 cm³/mol. The fourth-order valence-corrected chi connectivity index (χ4v) is 2.59. The minimum atomic E-state index is -0.443. The number of hydrogen-bond acceptors (Lipinski definition) is 4. The minimum absolute atomic E-state index is 0. The number of carbonyl (C=O) groups is 2. The zero-order valence-corrected chi connectivity index (χ0v) is 15.2. The smallest absolute Gasteiger partial charge is 0.278 e. The van der Waals surface area contributed by atoms with Crippen molar-refractivity contribution in [1.29, 1.82) is 0 Å². The highest BCUT2D eigenvalue weighted by atomic mass is 35.5. The Morgan fingerprint density at radius 1 is 1.32 bits per heavy atom. The molecule has 2 rings (SSSR count). The molecule has 1 N–H and O–H groups in total. The number of nitro benzene ring substituents is 1. The lowest BCUT2D eigenvalue weighted by Gasteiger charge is -2.38. The molecule has 2 amide bonds. The molecule has 1 heterocycles. The van der Waals surface area contributed by atoms with Gasteiger partial charge in [0.25, 0.3) is 11.6 Å². The summed E-state index contributed by atoms with van der Waals surface area (Å²) in [6.45, 7) is 2.35. The average molecular weight is 371 g/mol. The van der Waals surface area contributed by atoms with Crippen molar-refractivity contribution in [3.63, 3.8) is 0 Å². The first-order chi connectivity index (χ1) is 11.3. The van der Waals surface area contributed by atoms with Crippen LogP contribution in [0.2, 0.25) is 0 Å². The van der Waals surface area contributed by atoms with E-state index in [4.69, 9.17) is 0 Å². The molecule has 1 aliphatic heterocycles. The summed E-state index contributed by atoms with van der Waals surface area (Å²) in [5.74, 6) is -0.186. The Hall–Kier alpha value is -2.19. The van der Waals surface area contributed by atoms with Gasteiger partial charge in [0.1, 0.15) is 0 Å². The molecule has 25 heavy (non-hydrogen) atoms. The lowest BCUT2D eigenvalue weighted by molar-refractivity contribution is -0.885. The van der Waals surface area contributed by atoms with Gasteiger partial charge in [0, 0.05) is 18.7 Å². The van der Waals surface area contributed by atoms with Gasteiger partial charge < -0.3 is 27.1 Å². The van der Waals surface area contributed by atoms with E-state index in [1.165, 1.54) is 12.1 Å². The van der Waals surface area contributed by atoms with Crippen molar-refractivity contribution in [2.24, 2.45) is 0 Å². The van der Waals surface area contributed by atoms with Crippen LogP contribution >= 0.6 is 0 Å². The Morgan fingerprint density at radius 3 is 2.52 bits per heavy atom. The lowest BCUT2D eigenvalue weighted by Crippen LogP contribution is -3.00. The second kappa shape index (κ2) is 8.77. The zero-order chi connectivity index (χ0) is 17.7. The van der Waals surface area contributed by atoms with Crippen LogP contribution in [-0.2, 0) is 16.0 Å². The van der Waals surface area contributed by atoms with Crippen LogP contribution in [0.5, 0.6) is 0 Å². The molecular weight excluding hydrogens is 348 g/mol. The Morgan fingerprint density at radius 2 is 1.96 bits per heavy atom. The maximum atomic E-state index is 12.0. The number of benzene rings is 1. The number of quaternary nitrogens is 1. The van der Waals surface area contributed by atoms with Crippen LogP contribution < -0.4 is 17.7 Å². The van der Waals surface area contributed by atoms with Crippen LogP contribution in [-0.4, -0.2) is 72.9 Å². The van der Waals surface area contributed by atoms with Crippen molar-refractivity contribution in [3.8, 4) is 0 Å². The number of likely N-dealkylation sites (N-methyl/N-ethyl adjacent to an activating group) is 1. The number of rotatable bonds is 6. The van der Waals surface area contributed by atoms with Gasteiger partial charge in [0.15, 0.2) is 6.54 Å². The van der Waals surface area contributed by atoms with E-state index in [1.54, 1.807) is 17.0 Å². The molecule has 0 radical (unpaired) electrons. The van der Waals surface area contributed by atoms with E-state index in [1.807, 2.05) is 14.1 Å². The number of nitrogens with zero attached hydrogens (tertiary/aromatic N) is 3. The average Bonchev–Trinajstić information content (AvgIpc) is 2.50. The van der Waals surface area contributed by atoms with Gasteiger partial charge in [-0.3, -0.25) is 19.7 Å². The first kappa shape index (κ1) is 20.9. The molecule has 0 bridgehead atoms. The number of carbonyl (C=O) groups excluding carboxylic acids is 2. The number of halogens is 1. The van der Waals surface area contributed by atoms with Crippen molar-refractivity contribution in [3.05, 3.63) is 39.9 Å². The van der Waals surface area contributed by atoms with Gasteiger partial charge in [0.2, 0.25) is 5.91 Å². The van der Waals surface area contributed by atoms with Crippen molar-refractivity contribution in [1.82, 2.24) is 10.2 Å². The summed E-state index contributed by atoms with van der Waals surface area (Å²) in [5, 5.41) is 13.4. The van der Waals surface area contributed by atoms with E-state index in [9.17, 15) is 19.7 Å². The monoisotopic (exact) mass is 370 g/mol. The van der Waals surface area contributed by atoms with E-state index in [0.717, 1.165) is 12.1 Å². The van der Waals surface area contributed by atoms with Crippen LogP contribution in [0, 0.1) is 10.1 Å². The Labute approximate surface area is 152 Å². The Bertz CT molecular complexity index is 634. The van der Waals surface area contributed by atoms with Crippen molar-refractivity contribution < 1.29 is 31.4 Å². The third kappa shape index (κ3) is 6.32. The van der Waals surface area contributed by atoms with Gasteiger partial charge >= 0.3 is 0 Å². The third-order valence-corrected chi connectivity index (χ3v) is 4.11. The van der Waals surface area contributed by atoms with Crippen LogP contribution in [0.15, 0.2) is 24.3 Å². The fraction of sp³-hybridized carbons (Fsp3) is 0.500. The highest BCUT2D eigenvalue weighted by molar-refractivity contribution is 5.85. The number of nitro groups is 1. The molecule has 0 aromatic heterocycles. The second-order valence-electron chi connectivity index (χ2n) is 6.66. The van der Waals surface area contributed by atoms with Crippen LogP contribution in [0.4, 0.5) is 5.69 Å². The van der Waals surface area contributed by atoms with E-state index >= 15 is 0 Å². The zero-order valence-electron chi connectivity index (χ0n) is 14.4. The molecule has 1 fully saturated rings. The van der Waals surface area contributed by atoms with Crippen molar-refractivity contribution in [2.75, 3.05) is 46.8 Å². The summed E-state index contributed by atoms with van der Waals surface area (Å²) in [6, 6.07) is 6.25. The van der Waals surface area contributed by atoms with Gasteiger partial charge in [-0.05, 0) is 12.0 Å². The third-order valence-electron chi connectivity index (χ3n) is 4.11. The largest absolute Gasteiger partial charge is 1.00 e. The first-order valence-electron chi connectivity index (χ1n) is 7.87. The Kier molecular flexibility index (Phi) is 7.32. The maximum Gasteiger partial charge on any atom is 0.278 e. The lowest BCUT2D eigenvalue weighted by atomic mass is 10.1. The molecule has 138 valence electrons. The molecule has 1 saturated heterocycles. The molecule has 0 spiro atoms. The molecular formula is C16H23ClN4O4. The molecule has 9 heteroatoms. The molecule has 0 saturated carbocycles. The van der Waals surface area contributed by atoms with Gasteiger partial charge in [0.05, 0.1) is 38.7 Å². The topological polar surface area (TPSA) is 92.6 Å². The quantitative estimate of drug-likeness (QED) is 0.332. The van der Waals surface area contributed by atoms with E-state index in [0.29, 0.717) is 30.5 Å². The van der Waals surface area contributed by atoms with Crippen LogP contribution in [0.25, 0.3) is 0 Å². The number of non-ortho nitro benzene ring substituents is 1. The minimum Gasteiger partial charge on any atom is -1.00 e. The summed E-state index contributed by atoms with van der Waals surface area (Å²) >= 11 is 0. The maximum absolute atomic E-state index is 12.0. The Balaban J connectivity index is 0.00000312. The molecule has 8 nitrogen and oxygen atoms in total. The molecule has 0 atom stereocenters. The van der Waals surface area contributed by atoms with E-state index < -0.39 is 4.92 Å². The highest BCUT2D eigenvalue weighted by Crippen LogP contribution is 2.12. The van der Waals surface area contributed by atoms with Crippen LogP contribution in [0.1, 0.15) is 5.56 Å². The molecule has 1 aromatic rings. The van der Waals surface area contributed by atoms with Gasteiger partial charge in [-0.1, -0.05) is 12.1 Å². The van der Waals surface area contributed by atoms with E-state index in [2.05, 4.69) is 5.32 Å². The van der Waals surface area contributed by atoms with Crippen LogP contribution in [0.3, 0.4) is 0 Å². The van der Waals surface area contributed by atoms with Gasteiger partial charge in [-0.25, -0.2) is 0 Å². The standard InChI is InChI=1S/C16H22N4O4.ClH/c1-20(2)10-9-18(16(22)12-20)11-15(21)17-8-7-13-3-5-14(6-4-13)19(23)24;/h3-6H,7-12H2,1-2H3;1H. The number of hydrogen-bond donors (Lipinski definition) is 1. The van der Waals surface area contributed by atoms with Gasteiger partial charge in [-0.2, -0.15) is 0 Å². The highest BCUT2D eigenvalue weighted by Gasteiger charge is 2.31. The SMILES string of the molecule is C[N+]1(C)CCN(CC(=O)NCCc2ccc([N+](=O)[O-])cc2)C(=O)C1.[Cl-]. The number of nitrogens with one attached hydrogen (secondary N) is 1. The summed E-state index contributed by atoms with van der Waals surface area (Å²) in [7, 11) is 4.00. The normalized spacial score (nSPS) is 16.1. The number of amides is 2. The predicted octanol–water partition coefficient (Wildman–Crippen LogP) is -2.82. The van der Waals surface area contributed by atoms with Crippen molar-refractivity contribution in [2.45, 2.75) is 6.42 Å². The summed E-state index contributed by atoms with van der Waals surface area (Å²) < 4.78 is 0.650. The van der Waals surface area contributed by atoms with E-state index in [-0.39, 0.29) is 36.5 Å². The fourth-order valence-electron chi connectivity index (χ4n) is 2.59. The molecule has 0 unspecified atom stereocenters. The summed E-state index contributed by atoms with van der Waals surface area (Å²) in [6.07, 6.45) is 0.585. The number of piperazine rings is 1. The molecule has 1 aliphatic rings. The second-order valence-corrected chi connectivity index (χ2v) is 6.66. The summed E-state index contributed by atoms with van der Waals surface area (Å²) in [4.78, 5) is 35.7. The first-order valence-corrected chi connectivity index (χ1v) is 7.87. The molecule has 1 aromatic carbocycles. The molecule has 0 aliphatic carbocycles. The van der Waals surface area contributed by atoms with Crippen molar-refractivity contribution >= 4 is 17.5 Å². The van der Waals surface area contributed by atoms with Gasteiger partial charge in [-0.15, -0.1) is 0 Å².